The van der Waals surface area contributed by atoms with Crippen molar-refractivity contribution >= 4 is 34.2 Å². The van der Waals surface area contributed by atoms with Crippen LogP contribution in [0, 0.1) is 12.8 Å². The Hall–Kier alpha value is -2.84. The molecule has 2 aliphatic heterocycles. The molecule has 7 nitrogen and oxygen atoms in total. The van der Waals surface area contributed by atoms with Gasteiger partial charge in [0.1, 0.15) is 5.54 Å². The Bertz CT molecular complexity index is 1200. The molecule has 0 unspecified atom stereocenters. The van der Waals surface area contributed by atoms with Crippen molar-refractivity contribution < 1.29 is 9.59 Å². The summed E-state index contributed by atoms with van der Waals surface area (Å²) in [5.74, 6) is 0.101. The minimum Gasteiger partial charge on any atom is -0.323 e. The zero-order valence-corrected chi connectivity index (χ0v) is 20.6. The molecule has 1 N–H and O–H groups in total. The maximum Gasteiger partial charge on any atom is 0.325 e. The van der Waals surface area contributed by atoms with Crippen molar-refractivity contribution in [2.24, 2.45) is 5.92 Å². The molecule has 2 aromatic heterocycles. The van der Waals surface area contributed by atoms with Crippen molar-refractivity contribution in [1.82, 2.24) is 25.1 Å². The van der Waals surface area contributed by atoms with E-state index in [1.54, 1.807) is 11.3 Å². The predicted molar refractivity (Wildman–Crippen MR) is 134 cm³/mol. The second-order valence-electron chi connectivity index (χ2n) is 9.40. The molecule has 3 aromatic rings. The molecule has 0 bridgehead atoms. The average molecular weight is 478 g/mol. The van der Waals surface area contributed by atoms with E-state index in [1.807, 2.05) is 31.6 Å². The van der Waals surface area contributed by atoms with Crippen LogP contribution in [0.3, 0.4) is 0 Å². The lowest BCUT2D eigenvalue weighted by Crippen LogP contribution is -2.55. The highest BCUT2D eigenvalue weighted by Crippen LogP contribution is 2.36. The van der Waals surface area contributed by atoms with Crippen molar-refractivity contribution in [1.29, 1.82) is 0 Å². The highest BCUT2D eigenvalue weighted by molar-refractivity contribution is 7.09. The Balaban J connectivity index is 1.22. The Labute approximate surface area is 204 Å². The van der Waals surface area contributed by atoms with Gasteiger partial charge < -0.3 is 5.32 Å². The predicted octanol–water partition coefficient (Wildman–Crippen LogP) is 4.16. The van der Waals surface area contributed by atoms with Crippen molar-refractivity contribution in [2.75, 3.05) is 19.6 Å². The molecule has 2 fully saturated rings. The Kier molecular flexibility index (Phi) is 6.36. The molecular weight excluding hydrogens is 446 g/mol. The van der Waals surface area contributed by atoms with Gasteiger partial charge in [-0.25, -0.2) is 9.78 Å². The fraction of sp³-hybridized carbons (Fsp3) is 0.462. The first-order valence-electron chi connectivity index (χ1n) is 12.1. The van der Waals surface area contributed by atoms with Crippen LogP contribution in [0.2, 0.25) is 0 Å². The van der Waals surface area contributed by atoms with E-state index in [2.05, 4.69) is 44.5 Å². The molecule has 0 saturated carbocycles. The molecule has 2 aliphatic rings. The number of amides is 3. The minimum atomic E-state index is -0.777. The number of aromatic nitrogens is 2. The third kappa shape index (κ3) is 4.20. The second-order valence-corrected chi connectivity index (χ2v) is 10.3. The fourth-order valence-electron chi connectivity index (χ4n) is 5.50. The van der Waals surface area contributed by atoms with Crippen molar-refractivity contribution in [2.45, 2.75) is 51.6 Å². The van der Waals surface area contributed by atoms with Crippen LogP contribution in [-0.2, 0) is 17.8 Å². The molecule has 0 spiro atoms. The van der Waals surface area contributed by atoms with Gasteiger partial charge in [0.15, 0.2) is 0 Å². The number of likely N-dealkylation sites (tertiary alicyclic amines) is 1. The molecule has 1 aromatic carbocycles. The van der Waals surface area contributed by atoms with Gasteiger partial charge in [0.25, 0.3) is 5.91 Å². The number of fused-ring (bicyclic) bond motifs is 1. The first-order chi connectivity index (χ1) is 16.5. The second kappa shape index (κ2) is 9.43. The maximum absolute atomic E-state index is 13.5. The summed E-state index contributed by atoms with van der Waals surface area (Å²) >= 11 is 1.58. The van der Waals surface area contributed by atoms with Gasteiger partial charge in [-0.3, -0.25) is 19.6 Å². The number of pyridine rings is 1. The van der Waals surface area contributed by atoms with Gasteiger partial charge >= 0.3 is 6.03 Å². The van der Waals surface area contributed by atoms with Crippen molar-refractivity contribution in [3.8, 4) is 0 Å². The summed E-state index contributed by atoms with van der Waals surface area (Å²) in [7, 11) is 0. The molecule has 4 heterocycles. The standard InChI is InChI=1S/C26H31N5O2S/c1-3-26(24(32)31(25(33)29-26)14-10-23-18(2)28-17-34-23)21-8-12-30(13-9-21)16-19-6-7-22-20(15-19)5-4-11-27-22/h4-7,11,15,17,21H,3,8-10,12-14,16H2,1-2H3,(H,29,33)/t26-/m1/s1. The van der Waals surface area contributed by atoms with Gasteiger partial charge in [-0.15, -0.1) is 11.3 Å². The molecule has 3 amide bonds. The number of rotatable bonds is 7. The number of carbonyl (C=O) groups excluding carboxylic acids is 2. The van der Waals surface area contributed by atoms with E-state index in [0.29, 0.717) is 19.4 Å². The van der Waals surface area contributed by atoms with Gasteiger partial charge in [0.2, 0.25) is 0 Å². The normalized spacial score (nSPS) is 22.0. The van der Waals surface area contributed by atoms with Gasteiger partial charge in [0, 0.05) is 36.0 Å². The lowest BCUT2D eigenvalue weighted by Gasteiger charge is -2.40. The summed E-state index contributed by atoms with van der Waals surface area (Å²) in [5.41, 5.74) is 4.31. The van der Waals surface area contributed by atoms with Crippen LogP contribution in [0.4, 0.5) is 4.79 Å². The lowest BCUT2D eigenvalue weighted by molar-refractivity contribution is -0.134. The Morgan fingerprint density at radius 1 is 1.18 bits per heavy atom. The Morgan fingerprint density at radius 3 is 2.74 bits per heavy atom. The fourth-order valence-corrected chi connectivity index (χ4v) is 6.27. The molecule has 2 saturated heterocycles. The quantitative estimate of drug-likeness (QED) is 0.517. The smallest absolute Gasteiger partial charge is 0.323 e. The summed E-state index contributed by atoms with van der Waals surface area (Å²) < 4.78 is 0. The number of urea groups is 1. The van der Waals surface area contributed by atoms with Crippen LogP contribution in [0.15, 0.2) is 42.0 Å². The van der Waals surface area contributed by atoms with E-state index < -0.39 is 5.54 Å². The largest absolute Gasteiger partial charge is 0.325 e. The number of nitrogens with one attached hydrogen (secondary N) is 1. The van der Waals surface area contributed by atoms with Crippen LogP contribution in [0.1, 0.15) is 42.3 Å². The van der Waals surface area contributed by atoms with Crippen molar-refractivity contribution in [3.05, 3.63) is 58.2 Å². The molecule has 34 heavy (non-hydrogen) atoms. The number of piperidine rings is 1. The first kappa shape index (κ1) is 22.9. The third-order valence-electron chi connectivity index (χ3n) is 7.53. The summed E-state index contributed by atoms with van der Waals surface area (Å²) in [5, 5.41) is 4.28. The molecule has 0 radical (unpaired) electrons. The van der Waals surface area contributed by atoms with E-state index in [4.69, 9.17) is 0 Å². The number of aryl methyl sites for hydroxylation is 1. The maximum atomic E-state index is 13.5. The number of hydrogen-bond donors (Lipinski definition) is 1. The first-order valence-corrected chi connectivity index (χ1v) is 13.0. The molecule has 0 aliphatic carbocycles. The van der Waals surface area contributed by atoms with E-state index in [1.165, 1.54) is 10.5 Å². The monoisotopic (exact) mass is 477 g/mol. The topological polar surface area (TPSA) is 78.4 Å². The highest BCUT2D eigenvalue weighted by Gasteiger charge is 2.54. The van der Waals surface area contributed by atoms with E-state index in [0.717, 1.165) is 53.9 Å². The van der Waals surface area contributed by atoms with Crippen LogP contribution in [0.5, 0.6) is 0 Å². The number of imide groups is 1. The summed E-state index contributed by atoms with van der Waals surface area (Å²) in [6.45, 7) is 7.12. The summed E-state index contributed by atoms with van der Waals surface area (Å²) in [4.78, 5) is 40.0. The molecule has 178 valence electrons. The van der Waals surface area contributed by atoms with Crippen LogP contribution in [-0.4, -0.2) is 56.9 Å². The number of benzene rings is 1. The average Bonchev–Trinajstić information content (AvgIpc) is 3.38. The molecular formula is C26H31N5O2S. The van der Waals surface area contributed by atoms with E-state index in [9.17, 15) is 9.59 Å². The number of hydrogen-bond acceptors (Lipinski definition) is 6. The highest BCUT2D eigenvalue weighted by atomic mass is 32.1. The van der Waals surface area contributed by atoms with Gasteiger partial charge in [-0.2, -0.15) is 0 Å². The zero-order chi connectivity index (χ0) is 23.7. The molecule has 1 atom stereocenters. The van der Waals surface area contributed by atoms with Gasteiger partial charge in [-0.05, 0) is 69.0 Å². The summed E-state index contributed by atoms with van der Waals surface area (Å²) in [6.07, 6.45) is 4.90. The number of nitrogens with zero attached hydrogens (tertiary/aromatic N) is 4. The van der Waals surface area contributed by atoms with E-state index in [-0.39, 0.29) is 17.9 Å². The van der Waals surface area contributed by atoms with E-state index >= 15 is 0 Å². The van der Waals surface area contributed by atoms with Crippen molar-refractivity contribution in [3.63, 3.8) is 0 Å². The van der Waals surface area contributed by atoms with Crippen LogP contribution in [0.25, 0.3) is 10.9 Å². The van der Waals surface area contributed by atoms with Crippen LogP contribution < -0.4 is 5.32 Å². The van der Waals surface area contributed by atoms with Gasteiger partial charge in [0.05, 0.1) is 16.7 Å². The summed E-state index contributed by atoms with van der Waals surface area (Å²) in [6, 6.07) is 10.3. The number of thiazole rings is 1. The SMILES string of the molecule is CC[C@]1(C2CCN(Cc3ccc4ncccc4c3)CC2)NC(=O)N(CCc2scnc2C)C1=O. The molecule has 8 heteroatoms. The third-order valence-corrected chi connectivity index (χ3v) is 8.52. The zero-order valence-electron chi connectivity index (χ0n) is 19.8. The number of carbonyl (C=O) groups is 2. The molecule has 5 rings (SSSR count). The lowest BCUT2D eigenvalue weighted by atomic mass is 9.75. The Morgan fingerprint density at radius 2 is 2.00 bits per heavy atom. The van der Waals surface area contributed by atoms with Crippen LogP contribution >= 0.6 is 11.3 Å². The minimum absolute atomic E-state index is 0.0531. The van der Waals surface area contributed by atoms with Gasteiger partial charge in [-0.1, -0.05) is 19.1 Å².